The van der Waals surface area contributed by atoms with E-state index in [0.717, 1.165) is 17.8 Å². The zero-order chi connectivity index (χ0) is 19.6. The molecule has 1 N–H and O–H groups in total. The Morgan fingerprint density at radius 1 is 1.22 bits per heavy atom. The van der Waals surface area contributed by atoms with Crippen molar-refractivity contribution < 1.29 is 14.4 Å². The van der Waals surface area contributed by atoms with Gasteiger partial charge in [-0.05, 0) is 31.6 Å². The van der Waals surface area contributed by atoms with E-state index in [-0.39, 0.29) is 35.5 Å². The molecule has 2 heterocycles. The summed E-state index contributed by atoms with van der Waals surface area (Å²) in [5.74, 6) is -1.31. The summed E-state index contributed by atoms with van der Waals surface area (Å²) >= 11 is 1.33. The number of aryl methyl sites for hydroxylation is 1. The number of amides is 3. The van der Waals surface area contributed by atoms with E-state index in [1.165, 1.54) is 16.2 Å². The number of allylic oxidation sites excluding steroid dienone is 2. The summed E-state index contributed by atoms with van der Waals surface area (Å²) in [4.78, 5) is 39.9. The fraction of sp³-hybridized carbons (Fsp3) is 0.632. The van der Waals surface area contributed by atoms with E-state index in [0.29, 0.717) is 24.4 Å². The summed E-state index contributed by atoms with van der Waals surface area (Å²) in [5, 5.41) is 12.1. The molecule has 3 amide bonds. The molecule has 1 aliphatic heterocycles. The highest BCUT2D eigenvalue weighted by Crippen LogP contribution is 2.37. The van der Waals surface area contributed by atoms with Crippen molar-refractivity contribution in [3.63, 3.8) is 0 Å². The maximum atomic E-state index is 13.0. The van der Waals surface area contributed by atoms with E-state index in [9.17, 15) is 14.4 Å². The fourth-order valence-electron chi connectivity index (χ4n) is 3.72. The molecule has 0 aromatic carbocycles. The minimum absolute atomic E-state index is 0.159. The molecule has 0 bridgehead atoms. The second kappa shape index (κ2) is 8.29. The molecule has 1 aromatic heterocycles. The third kappa shape index (κ3) is 4.10. The van der Waals surface area contributed by atoms with Gasteiger partial charge in [0.15, 0.2) is 0 Å². The van der Waals surface area contributed by atoms with Crippen LogP contribution in [0.4, 0.5) is 5.13 Å². The van der Waals surface area contributed by atoms with Crippen LogP contribution in [0.2, 0.25) is 0 Å². The van der Waals surface area contributed by atoms with Gasteiger partial charge in [-0.2, -0.15) is 0 Å². The minimum Gasteiger partial charge on any atom is -0.299 e. The van der Waals surface area contributed by atoms with Crippen LogP contribution in [0.5, 0.6) is 0 Å². The lowest BCUT2D eigenvalue weighted by atomic mass is 9.85. The number of rotatable bonds is 7. The monoisotopic (exact) mass is 390 g/mol. The summed E-state index contributed by atoms with van der Waals surface area (Å²) in [6.07, 6.45) is 7.22. The third-order valence-electron chi connectivity index (χ3n) is 5.01. The molecular formula is C19H26N4O3S. The molecule has 0 radical (unpaired) electrons. The number of carbonyl (C=O) groups is 3. The number of nitrogens with zero attached hydrogens (tertiary/aromatic N) is 3. The largest absolute Gasteiger partial charge is 0.299 e. The van der Waals surface area contributed by atoms with Crippen molar-refractivity contribution in [1.82, 2.24) is 15.1 Å². The molecule has 8 heteroatoms. The average molecular weight is 391 g/mol. The first kappa shape index (κ1) is 19.7. The van der Waals surface area contributed by atoms with Crippen molar-refractivity contribution in [2.45, 2.75) is 58.9 Å². The van der Waals surface area contributed by atoms with E-state index in [1.54, 1.807) is 0 Å². The minimum atomic E-state index is -0.811. The number of anilines is 1. The van der Waals surface area contributed by atoms with E-state index in [4.69, 9.17) is 0 Å². The molecule has 1 saturated heterocycles. The lowest BCUT2D eigenvalue weighted by Crippen LogP contribution is -2.48. The Balaban J connectivity index is 1.79. The first-order chi connectivity index (χ1) is 12.9. The first-order valence-electron chi connectivity index (χ1n) is 9.57. The van der Waals surface area contributed by atoms with Gasteiger partial charge in [0.2, 0.25) is 22.9 Å². The number of hydrogen-bond acceptors (Lipinski definition) is 6. The number of carbonyl (C=O) groups excluding carboxylic acids is 3. The second-order valence-corrected chi connectivity index (χ2v) is 8.65. The molecule has 0 spiro atoms. The summed E-state index contributed by atoms with van der Waals surface area (Å²) in [5.41, 5.74) is 0. The average Bonchev–Trinajstić information content (AvgIpc) is 3.17. The standard InChI is InChI=1S/C19H26N4O3S/c1-4-7-15-21-22-19(27-15)20-16(24)14(10-11(2)3)23-17(25)12-8-5-6-9-13(12)18(23)26/h5-6,11-14H,4,7-10H2,1-3H3,(H,20,22,24). The van der Waals surface area contributed by atoms with Crippen LogP contribution >= 0.6 is 11.3 Å². The van der Waals surface area contributed by atoms with Crippen LogP contribution in [0.25, 0.3) is 0 Å². The van der Waals surface area contributed by atoms with Crippen molar-refractivity contribution in [2.75, 3.05) is 5.32 Å². The molecule has 3 rings (SSSR count). The molecule has 2 aliphatic rings. The van der Waals surface area contributed by atoms with Crippen LogP contribution in [-0.2, 0) is 20.8 Å². The molecule has 146 valence electrons. The van der Waals surface area contributed by atoms with Crippen molar-refractivity contribution in [3.8, 4) is 0 Å². The van der Waals surface area contributed by atoms with Crippen LogP contribution in [-0.4, -0.2) is 38.9 Å². The van der Waals surface area contributed by atoms with E-state index in [1.807, 2.05) is 26.0 Å². The predicted octanol–water partition coefficient (Wildman–Crippen LogP) is 2.80. The Kier molecular flexibility index (Phi) is 6.04. The maximum absolute atomic E-state index is 13.0. The molecular weight excluding hydrogens is 364 g/mol. The van der Waals surface area contributed by atoms with Gasteiger partial charge in [0.25, 0.3) is 0 Å². The van der Waals surface area contributed by atoms with Gasteiger partial charge in [0.1, 0.15) is 11.0 Å². The van der Waals surface area contributed by atoms with Crippen molar-refractivity contribution in [2.24, 2.45) is 17.8 Å². The van der Waals surface area contributed by atoms with Crippen LogP contribution in [0.3, 0.4) is 0 Å². The fourth-order valence-corrected chi connectivity index (χ4v) is 4.56. The maximum Gasteiger partial charge on any atom is 0.249 e. The summed E-state index contributed by atoms with van der Waals surface area (Å²) < 4.78 is 0. The van der Waals surface area contributed by atoms with Gasteiger partial charge >= 0.3 is 0 Å². The second-order valence-electron chi connectivity index (χ2n) is 7.59. The first-order valence-corrected chi connectivity index (χ1v) is 10.4. The molecule has 1 aliphatic carbocycles. The quantitative estimate of drug-likeness (QED) is 0.571. The number of hydrogen-bond donors (Lipinski definition) is 1. The number of imide groups is 1. The molecule has 7 nitrogen and oxygen atoms in total. The Bertz CT molecular complexity index is 732. The number of likely N-dealkylation sites (tertiary alicyclic amines) is 1. The summed E-state index contributed by atoms with van der Waals surface area (Å²) in [6, 6.07) is -0.811. The zero-order valence-electron chi connectivity index (χ0n) is 16.0. The van der Waals surface area contributed by atoms with Gasteiger partial charge < -0.3 is 0 Å². The van der Waals surface area contributed by atoms with Crippen LogP contribution in [0.1, 0.15) is 51.5 Å². The van der Waals surface area contributed by atoms with E-state index >= 15 is 0 Å². The van der Waals surface area contributed by atoms with E-state index < -0.39 is 6.04 Å². The Hall–Kier alpha value is -2.09. The molecule has 3 unspecified atom stereocenters. The molecule has 27 heavy (non-hydrogen) atoms. The Morgan fingerprint density at radius 3 is 2.41 bits per heavy atom. The zero-order valence-corrected chi connectivity index (χ0v) is 16.8. The number of aromatic nitrogens is 2. The third-order valence-corrected chi connectivity index (χ3v) is 5.91. The van der Waals surface area contributed by atoms with Gasteiger partial charge in [-0.15, -0.1) is 10.2 Å². The van der Waals surface area contributed by atoms with E-state index in [2.05, 4.69) is 22.4 Å². The highest BCUT2D eigenvalue weighted by molar-refractivity contribution is 7.15. The molecule has 1 aromatic rings. The van der Waals surface area contributed by atoms with Gasteiger partial charge in [-0.3, -0.25) is 24.6 Å². The van der Waals surface area contributed by atoms with Crippen molar-refractivity contribution in [1.29, 1.82) is 0 Å². The van der Waals surface area contributed by atoms with Gasteiger partial charge in [0, 0.05) is 6.42 Å². The van der Waals surface area contributed by atoms with Crippen LogP contribution in [0.15, 0.2) is 12.2 Å². The van der Waals surface area contributed by atoms with Crippen LogP contribution < -0.4 is 5.32 Å². The van der Waals surface area contributed by atoms with Gasteiger partial charge in [-0.1, -0.05) is 44.3 Å². The van der Waals surface area contributed by atoms with Crippen LogP contribution in [0, 0.1) is 17.8 Å². The molecule has 3 atom stereocenters. The Morgan fingerprint density at radius 2 is 1.85 bits per heavy atom. The SMILES string of the molecule is CCCc1nnc(NC(=O)C(CC(C)C)N2C(=O)C3CC=CCC3C2=O)s1. The molecule has 0 saturated carbocycles. The topological polar surface area (TPSA) is 92.3 Å². The highest BCUT2D eigenvalue weighted by atomic mass is 32.1. The summed E-state index contributed by atoms with van der Waals surface area (Å²) in [7, 11) is 0. The normalized spacial score (nSPS) is 23.0. The lowest BCUT2D eigenvalue weighted by molar-refractivity contribution is -0.147. The number of nitrogens with one attached hydrogen (secondary N) is 1. The van der Waals surface area contributed by atoms with Gasteiger partial charge in [0.05, 0.1) is 11.8 Å². The smallest absolute Gasteiger partial charge is 0.249 e. The number of fused-ring (bicyclic) bond motifs is 1. The molecule has 1 fully saturated rings. The predicted molar refractivity (Wildman–Crippen MR) is 103 cm³/mol. The highest BCUT2D eigenvalue weighted by Gasteiger charge is 2.51. The van der Waals surface area contributed by atoms with Gasteiger partial charge in [-0.25, -0.2) is 0 Å². The summed E-state index contributed by atoms with van der Waals surface area (Å²) in [6.45, 7) is 6.01. The van der Waals surface area contributed by atoms with Crippen molar-refractivity contribution >= 4 is 34.2 Å². The Labute approximate surface area is 163 Å². The van der Waals surface area contributed by atoms with Crippen molar-refractivity contribution in [3.05, 3.63) is 17.2 Å². The lowest BCUT2D eigenvalue weighted by Gasteiger charge is -2.26.